The summed E-state index contributed by atoms with van der Waals surface area (Å²) in [7, 11) is 2.45. The van der Waals surface area contributed by atoms with E-state index in [1.165, 1.54) is 12.0 Å². The largest absolute Gasteiger partial charge is 0.469 e. The van der Waals surface area contributed by atoms with Crippen LogP contribution in [0.2, 0.25) is 5.02 Å². The third-order valence-corrected chi connectivity index (χ3v) is 6.14. The van der Waals surface area contributed by atoms with Gasteiger partial charge in [-0.25, -0.2) is 0 Å². The van der Waals surface area contributed by atoms with Crippen molar-refractivity contribution >= 4 is 29.4 Å². The van der Waals surface area contributed by atoms with E-state index in [2.05, 4.69) is 10.1 Å². The second-order valence-electron chi connectivity index (χ2n) is 8.79. The second kappa shape index (κ2) is 12.5. The molecular weight excluding hydrogens is 491 g/mol. The maximum Gasteiger partial charge on any atom is 0.389 e. The number of carbonyl (C=O) groups excluding carboxylic acids is 3. The number of benzene rings is 1. The lowest BCUT2D eigenvalue weighted by Crippen LogP contribution is -2.64. The van der Waals surface area contributed by atoms with Crippen LogP contribution in [-0.4, -0.2) is 74.4 Å². The number of rotatable bonds is 10. The Hall–Kier alpha value is -2.37. The number of carbonyl (C=O) groups is 3. The van der Waals surface area contributed by atoms with Gasteiger partial charge in [-0.3, -0.25) is 14.4 Å². The first kappa shape index (κ1) is 28.9. The number of likely N-dealkylation sites (tertiary alicyclic amines) is 1. The van der Waals surface area contributed by atoms with Gasteiger partial charge in [0, 0.05) is 25.2 Å². The number of piperidine rings is 1. The lowest BCUT2D eigenvalue weighted by atomic mass is 9.82. The van der Waals surface area contributed by atoms with Crippen molar-refractivity contribution in [1.82, 2.24) is 10.2 Å². The van der Waals surface area contributed by atoms with Gasteiger partial charge in [0.25, 0.3) is 0 Å². The fraction of sp³-hybridized carbons (Fsp3) is 0.609. The highest BCUT2D eigenvalue weighted by atomic mass is 35.5. The predicted octanol–water partition coefficient (Wildman–Crippen LogP) is 2.47. The summed E-state index contributed by atoms with van der Waals surface area (Å²) in [6.45, 7) is 0.116. The molecule has 0 spiro atoms. The third kappa shape index (κ3) is 8.97. The number of ether oxygens (including phenoxy) is 2. The van der Waals surface area contributed by atoms with E-state index < -0.39 is 54.3 Å². The molecule has 0 aliphatic carbocycles. The van der Waals surface area contributed by atoms with Gasteiger partial charge in [0.05, 0.1) is 38.0 Å². The summed E-state index contributed by atoms with van der Waals surface area (Å²) < 4.78 is 49.0. The SMILES string of the molecule is COC[C@H](N)C(=O)N[C@@]1(Cc2ccc(Cl)cc2)CCCN(C(=O)[C@@H](CC(=O)OC)CC(F)(F)F)C1. The zero-order valence-corrected chi connectivity index (χ0v) is 20.5. The molecule has 1 aliphatic heterocycles. The first-order chi connectivity index (χ1) is 16.4. The summed E-state index contributed by atoms with van der Waals surface area (Å²) in [6.07, 6.45) is -5.61. The molecule has 2 rings (SSSR count). The van der Waals surface area contributed by atoms with E-state index in [0.29, 0.717) is 24.3 Å². The highest BCUT2D eigenvalue weighted by molar-refractivity contribution is 6.30. The monoisotopic (exact) mass is 521 g/mol. The van der Waals surface area contributed by atoms with Crippen LogP contribution in [0.15, 0.2) is 24.3 Å². The quantitative estimate of drug-likeness (QED) is 0.458. The number of nitrogens with two attached hydrogens (primary N) is 1. The number of hydrogen-bond donors (Lipinski definition) is 2. The smallest absolute Gasteiger partial charge is 0.389 e. The molecule has 0 unspecified atom stereocenters. The maximum atomic E-state index is 13.2. The normalized spacial score (nSPS) is 20.1. The van der Waals surface area contributed by atoms with E-state index in [9.17, 15) is 27.6 Å². The lowest BCUT2D eigenvalue weighted by Gasteiger charge is -2.45. The Morgan fingerprint density at radius 1 is 1.23 bits per heavy atom. The molecular formula is C23H31ClF3N3O5. The van der Waals surface area contributed by atoms with E-state index in [1.54, 1.807) is 24.3 Å². The molecule has 1 saturated heterocycles. The van der Waals surface area contributed by atoms with Crippen LogP contribution in [0.1, 0.15) is 31.2 Å². The van der Waals surface area contributed by atoms with Gasteiger partial charge < -0.3 is 25.4 Å². The van der Waals surface area contributed by atoms with E-state index in [0.717, 1.165) is 12.7 Å². The van der Waals surface area contributed by atoms with Crippen molar-refractivity contribution in [3.8, 4) is 0 Å². The highest BCUT2D eigenvalue weighted by Gasteiger charge is 2.43. The van der Waals surface area contributed by atoms with Gasteiger partial charge in [0.2, 0.25) is 11.8 Å². The summed E-state index contributed by atoms with van der Waals surface area (Å²) >= 11 is 5.97. The molecule has 0 aromatic heterocycles. The van der Waals surface area contributed by atoms with E-state index in [4.69, 9.17) is 22.1 Å². The lowest BCUT2D eigenvalue weighted by molar-refractivity contribution is -0.165. The molecule has 1 aromatic rings. The number of amides is 2. The molecule has 0 radical (unpaired) electrons. The molecule has 0 saturated carbocycles. The van der Waals surface area contributed by atoms with Gasteiger partial charge in [-0.05, 0) is 37.0 Å². The minimum Gasteiger partial charge on any atom is -0.469 e. The molecule has 2 amide bonds. The van der Waals surface area contributed by atoms with Gasteiger partial charge in [-0.15, -0.1) is 0 Å². The maximum absolute atomic E-state index is 13.2. The topological polar surface area (TPSA) is 111 Å². The molecule has 1 aromatic carbocycles. The van der Waals surface area contributed by atoms with Crippen molar-refractivity contribution < 1.29 is 37.0 Å². The minimum atomic E-state index is -4.65. The van der Waals surface area contributed by atoms with E-state index in [-0.39, 0.29) is 19.7 Å². The fourth-order valence-electron chi connectivity index (χ4n) is 4.28. The molecule has 3 atom stereocenters. The summed E-state index contributed by atoms with van der Waals surface area (Å²) in [4.78, 5) is 39.0. The number of hydrogen-bond acceptors (Lipinski definition) is 6. The Balaban J connectivity index is 2.32. The standard InChI is InChI=1S/C23H31ClF3N3O5/c1-34-13-18(28)20(32)29-22(11-15-4-6-17(24)7-5-15)8-3-9-30(14-22)21(33)16(10-19(31)35-2)12-23(25,26)27/h4-7,16,18H,3,8-14,28H2,1-2H3,(H,29,32)/t16-,18-,22+/m0/s1. The number of esters is 1. The highest BCUT2D eigenvalue weighted by Crippen LogP contribution is 2.32. The summed E-state index contributed by atoms with van der Waals surface area (Å²) in [5.74, 6) is -3.85. The number of nitrogens with zero attached hydrogens (tertiary/aromatic N) is 1. The summed E-state index contributed by atoms with van der Waals surface area (Å²) in [5.41, 5.74) is 5.71. The van der Waals surface area contributed by atoms with E-state index >= 15 is 0 Å². The first-order valence-electron chi connectivity index (χ1n) is 11.1. The van der Waals surface area contributed by atoms with Crippen molar-refractivity contribution in [2.24, 2.45) is 11.7 Å². The van der Waals surface area contributed by atoms with Crippen LogP contribution in [0.5, 0.6) is 0 Å². The molecule has 1 heterocycles. The number of methoxy groups -OCH3 is 2. The van der Waals surface area contributed by atoms with Crippen LogP contribution < -0.4 is 11.1 Å². The number of halogens is 4. The van der Waals surface area contributed by atoms with Crippen LogP contribution >= 0.6 is 11.6 Å². The number of nitrogens with one attached hydrogen (secondary N) is 1. The van der Waals surface area contributed by atoms with Crippen molar-refractivity contribution in [3.05, 3.63) is 34.9 Å². The van der Waals surface area contributed by atoms with Crippen LogP contribution in [0.3, 0.4) is 0 Å². The Morgan fingerprint density at radius 2 is 1.89 bits per heavy atom. The van der Waals surface area contributed by atoms with Gasteiger partial charge in [-0.1, -0.05) is 23.7 Å². The molecule has 196 valence electrons. The fourth-order valence-corrected chi connectivity index (χ4v) is 4.41. The Morgan fingerprint density at radius 3 is 2.46 bits per heavy atom. The molecule has 35 heavy (non-hydrogen) atoms. The van der Waals surface area contributed by atoms with Crippen molar-refractivity contribution in [2.75, 3.05) is 33.9 Å². The van der Waals surface area contributed by atoms with E-state index in [1.807, 2.05) is 0 Å². The average Bonchev–Trinajstić information content (AvgIpc) is 2.79. The van der Waals surface area contributed by atoms with Crippen molar-refractivity contribution in [2.45, 2.75) is 49.9 Å². The Bertz CT molecular complexity index is 884. The van der Waals surface area contributed by atoms with Gasteiger partial charge in [0.15, 0.2) is 0 Å². The van der Waals surface area contributed by atoms with Crippen LogP contribution in [0.25, 0.3) is 0 Å². The van der Waals surface area contributed by atoms with Crippen molar-refractivity contribution in [3.63, 3.8) is 0 Å². The second-order valence-corrected chi connectivity index (χ2v) is 9.23. The minimum absolute atomic E-state index is 0.0295. The molecule has 12 heteroatoms. The molecule has 8 nitrogen and oxygen atoms in total. The van der Waals surface area contributed by atoms with Gasteiger partial charge >= 0.3 is 12.1 Å². The zero-order valence-electron chi connectivity index (χ0n) is 19.7. The van der Waals surface area contributed by atoms with Gasteiger partial charge in [0.1, 0.15) is 6.04 Å². The molecule has 3 N–H and O–H groups in total. The zero-order chi connectivity index (χ0) is 26.2. The van der Waals surface area contributed by atoms with Crippen LogP contribution in [0, 0.1) is 5.92 Å². The van der Waals surface area contributed by atoms with Crippen LogP contribution in [0.4, 0.5) is 13.2 Å². The van der Waals surface area contributed by atoms with Crippen molar-refractivity contribution in [1.29, 1.82) is 0 Å². The number of alkyl halides is 3. The Kier molecular flexibility index (Phi) is 10.3. The van der Waals surface area contributed by atoms with Gasteiger partial charge in [-0.2, -0.15) is 13.2 Å². The molecule has 0 bridgehead atoms. The molecule has 1 fully saturated rings. The molecule has 1 aliphatic rings. The van der Waals surface area contributed by atoms with Crippen LogP contribution in [-0.2, 0) is 30.3 Å². The third-order valence-electron chi connectivity index (χ3n) is 5.88. The summed E-state index contributed by atoms with van der Waals surface area (Å²) in [6, 6.07) is 5.95. The Labute approximate surface area is 207 Å². The average molecular weight is 522 g/mol. The predicted molar refractivity (Wildman–Crippen MR) is 122 cm³/mol. The summed E-state index contributed by atoms with van der Waals surface area (Å²) in [5, 5.41) is 3.44. The first-order valence-corrected chi connectivity index (χ1v) is 11.5.